The van der Waals surface area contributed by atoms with Crippen LogP contribution in [0.5, 0.6) is 5.75 Å². The molecule has 1 atom stereocenters. The molecule has 0 heterocycles. The molecule has 0 aliphatic rings. The van der Waals surface area contributed by atoms with Gasteiger partial charge in [0, 0.05) is 0 Å². The molecule has 112 valence electrons. The minimum Gasteiger partial charge on any atom is -0.494 e. The summed E-state index contributed by atoms with van der Waals surface area (Å²) in [6.45, 7) is 0. The zero-order valence-corrected chi connectivity index (χ0v) is 12.1. The highest BCUT2D eigenvalue weighted by Crippen LogP contribution is 2.28. The lowest BCUT2D eigenvalue weighted by Crippen LogP contribution is -2.30. The third-order valence-corrected chi connectivity index (χ3v) is 3.61. The number of halogens is 3. The summed E-state index contributed by atoms with van der Waals surface area (Å²) < 4.78 is 32.1. The lowest BCUT2D eigenvalue weighted by atomic mass is 9.99. The van der Waals surface area contributed by atoms with Gasteiger partial charge in [0.15, 0.2) is 11.6 Å². The number of rotatable bonds is 5. The fourth-order valence-electron chi connectivity index (χ4n) is 2.12. The maximum atomic E-state index is 13.7. The van der Waals surface area contributed by atoms with Crippen molar-refractivity contribution in [1.82, 2.24) is 5.43 Å². The number of benzene rings is 2. The average Bonchev–Trinajstić information content (AvgIpc) is 2.48. The van der Waals surface area contributed by atoms with E-state index in [0.717, 1.165) is 0 Å². The summed E-state index contributed by atoms with van der Waals surface area (Å²) in [5.74, 6) is 4.70. The van der Waals surface area contributed by atoms with E-state index in [9.17, 15) is 8.78 Å². The molecule has 21 heavy (non-hydrogen) atoms. The summed E-state index contributed by atoms with van der Waals surface area (Å²) >= 11 is 5.95. The van der Waals surface area contributed by atoms with Crippen molar-refractivity contribution in [3.63, 3.8) is 0 Å². The molecular weight excluding hydrogens is 298 g/mol. The van der Waals surface area contributed by atoms with Crippen molar-refractivity contribution < 1.29 is 13.5 Å². The van der Waals surface area contributed by atoms with E-state index >= 15 is 0 Å². The molecule has 0 radical (unpaired) electrons. The van der Waals surface area contributed by atoms with E-state index < -0.39 is 17.7 Å². The first-order valence-electron chi connectivity index (χ1n) is 6.29. The minimum atomic E-state index is -0.518. The van der Waals surface area contributed by atoms with Gasteiger partial charge < -0.3 is 4.74 Å². The highest BCUT2D eigenvalue weighted by molar-refractivity contribution is 6.31. The molecule has 0 amide bonds. The van der Waals surface area contributed by atoms with E-state index in [2.05, 4.69) is 5.43 Å². The number of hydrogen-bond donors (Lipinski definition) is 2. The van der Waals surface area contributed by atoms with Crippen molar-refractivity contribution in [3.8, 4) is 5.75 Å². The zero-order valence-electron chi connectivity index (χ0n) is 11.4. The van der Waals surface area contributed by atoms with Gasteiger partial charge in [0.2, 0.25) is 0 Å². The Bertz CT molecular complexity index is 637. The first-order chi connectivity index (χ1) is 10.1. The van der Waals surface area contributed by atoms with Gasteiger partial charge in [0.1, 0.15) is 5.82 Å². The number of hydrazine groups is 1. The third-order valence-electron chi connectivity index (χ3n) is 3.21. The summed E-state index contributed by atoms with van der Waals surface area (Å²) in [5.41, 5.74) is 3.79. The first kappa shape index (κ1) is 15.7. The highest BCUT2D eigenvalue weighted by Gasteiger charge is 2.17. The Balaban J connectivity index is 2.27. The molecule has 1 unspecified atom stereocenters. The molecule has 0 aromatic heterocycles. The Labute approximate surface area is 126 Å². The lowest BCUT2D eigenvalue weighted by Gasteiger charge is -2.18. The van der Waals surface area contributed by atoms with Gasteiger partial charge in [-0.25, -0.2) is 8.78 Å². The SMILES string of the molecule is COc1ccc(CC(NN)c2cccc(F)c2Cl)cc1F. The van der Waals surface area contributed by atoms with Crippen LogP contribution in [-0.4, -0.2) is 7.11 Å². The lowest BCUT2D eigenvalue weighted by molar-refractivity contribution is 0.386. The molecule has 2 aromatic carbocycles. The second-order valence-electron chi connectivity index (χ2n) is 4.54. The van der Waals surface area contributed by atoms with Crippen molar-refractivity contribution in [1.29, 1.82) is 0 Å². The number of nitrogens with two attached hydrogens (primary N) is 1. The Hall–Kier alpha value is -1.69. The monoisotopic (exact) mass is 312 g/mol. The first-order valence-corrected chi connectivity index (χ1v) is 6.67. The van der Waals surface area contributed by atoms with Gasteiger partial charge in [-0.2, -0.15) is 0 Å². The van der Waals surface area contributed by atoms with Gasteiger partial charge >= 0.3 is 0 Å². The molecule has 0 aliphatic carbocycles. The van der Waals surface area contributed by atoms with Crippen LogP contribution in [-0.2, 0) is 6.42 Å². The van der Waals surface area contributed by atoms with Crippen LogP contribution in [0, 0.1) is 11.6 Å². The zero-order chi connectivity index (χ0) is 15.4. The Morgan fingerprint density at radius 3 is 2.62 bits per heavy atom. The van der Waals surface area contributed by atoms with Crippen LogP contribution < -0.4 is 16.0 Å². The molecule has 3 N–H and O–H groups in total. The number of ether oxygens (including phenoxy) is 1. The summed E-state index contributed by atoms with van der Waals surface area (Å²) in [5, 5.41) is 0.00873. The minimum absolute atomic E-state index is 0.00873. The Morgan fingerprint density at radius 1 is 1.24 bits per heavy atom. The van der Waals surface area contributed by atoms with Crippen LogP contribution in [0.15, 0.2) is 36.4 Å². The maximum Gasteiger partial charge on any atom is 0.165 e. The predicted octanol–water partition coefficient (Wildman–Crippen LogP) is 3.37. The Morgan fingerprint density at radius 2 is 2.00 bits per heavy atom. The molecule has 0 spiro atoms. The number of methoxy groups -OCH3 is 1. The summed E-state index contributed by atoms with van der Waals surface area (Å²) in [4.78, 5) is 0. The van der Waals surface area contributed by atoms with E-state index in [1.807, 2.05) is 0 Å². The van der Waals surface area contributed by atoms with Crippen LogP contribution in [0.2, 0.25) is 5.02 Å². The van der Waals surface area contributed by atoms with Crippen LogP contribution in [0.3, 0.4) is 0 Å². The van der Waals surface area contributed by atoms with Crippen LogP contribution in [0.1, 0.15) is 17.2 Å². The molecule has 0 saturated heterocycles. The highest BCUT2D eigenvalue weighted by atomic mass is 35.5. The quantitative estimate of drug-likeness (QED) is 0.657. The topological polar surface area (TPSA) is 47.3 Å². The van der Waals surface area contributed by atoms with Crippen molar-refractivity contribution >= 4 is 11.6 Å². The molecule has 0 aliphatic heterocycles. The van der Waals surface area contributed by atoms with Gasteiger partial charge in [-0.15, -0.1) is 0 Å². The van der Waals surface area contributed by atoms with E-state index in [1.54, 1.807) is 18.2 Å². The molecule has 3 nitrogen and oxygen atoms in total. The predicted molar refractivity (Wildman–Crippen MR) is 78.1 cm³/mol. The van der Waals surface area contributed by atoms with Gasteiger partial charge in [0.25, 0.3) is 0 Å². The van der Waals surface area contributed by atoms with Crippen molar-refractivity contribution in [2.75, 3.05) is 7.11 Å². The third kappa shape index (κ3) is 3.50. The molecule has 0 bridgehead atoms. The van der Waals surface area contributed by atoms with E-state index in [-0.39, 0.29) is 10.8 Å². The molecule has 6 heteroatoms. The molecule has 2 rings (SSSR count). The smallest absolute Gasteiger partial charge is 0.165 e. The second-order valence-corrected chi connectivity index (χ2v) is 4.91. The largest absolute Gasteiger partial charge is 0.494 e. The average molecular weight is 313 g/mol. The number of nitrogens with one attached hydrogen (secondary N) is 1. The van der Waals surface area contributed by atoms with Gasteiger partial charge in [0.05, 0.1) is 18.2 Å². The van der Waals surface area contributed by atoms with Gasteiger partial charge in [-0.05, 0) is 35.7 Å². The van der Waals surface area contributed by atoms with E-state index in [1.165, 1.54) is 25.3 Å². The fourth-order valence-corrected chi connectivity index (χ4v) is 2.38. The second kappa shape index (κ2) is 6.85. The van der Waals surface area contributed by atoms with Crippen molar-refractivity contribution in [3.05, 3.63) is 64.2 Å². The van der Waals surface area contributed by atoms with Crippen molar-refractivity contribution in [2.45, 2.75) is 12.5 Å². The number of hydrogen-bond acceptors (Lipinski definition) is 3. The normalized spacial score (nSPS) is 12.2. The van der Waals surface area contributed by atoms with Crippen LogP contribution >= 0.6 is 11.6 Å². The molecule has 2 aromatic rings. The molecular formula is C15H15ClF2N2O. The van der Waals surface area contributed by atoms with Crippen molar-refractivity contribution in [2.24, 2.45) is 5.84 Å². The molecule has 0 saturated carbocycles. The maximum absolute atomic E-state index is 13.7. The van der Waals surface area contributed by atoms with Gasteiger partial charge in [-0.1, -0.05) is 29.8 Å². The summed E-state index contributed by atoms with van der Waals surface area (Å²) in [6, 6.07) is 8.68. The summed E-state index contributed by atoms with van der Waals surface area (Å²) in [7, 11) is 1.40. The summed E-state index contributed by atoms with van der Waals surface area (Å²) in [6.07, 6.45) is 0.362. The van der Waals surface area contributed by atoms with E-state index in [0.29, 0.717) is 17.5 Å². The molecule has 0 fully saturated rings. The fraction of sp³-hybridized carbons (Fsp3) is 0.200. The van der Waals surface area contributed by atoms with Crippen LogP contribution in [0.25, 0.3) is 0 Å². The van der Waals surface area contributed by atoms with Gasteiger partial charge in [-0.3, -0.25) is 11.3 Å². The Kier molecular flexibility index (Phi) is 5.12. The van der Waals surface area contributed by atoms with Crippen LogP contribution in [0.4, 0.5) is 8.78 Å². The standard InChI is InChI=1S/C15H15ClF2N2O/c1-21-14-6-5-9(7-12(14)18)8-13(20-19)10-3-2-4-11(17)15(10)16/h2-7,13,20H,8,19H2,1H3. The van der Waals surface area contributed by atoms with E-state index in [4.69, 9.17) is 22.2 Å².